The molecule has 0 aromatic heterocycles. The van der Waals surface area contributed by atoms with E-state index in [4.69, 9.17) is 15.6 Å². The van der Waals surface area contributed by atoms with Gasteiger partial charge in [0.2, 0.25) is 10.0 Å². The monoisotopic (exact) mass is 323 g/mol. The Kier molecular flexibility index (Phi) is 7.11. The molecule has 9 heteroatoms. The van der Waals surface area contributed by atoms with Crippen LogP contribution in [0.3, 0.4) is 0 Å². The fourth-order valence-electron chi connectivity index (χ4n) is 1.52. The number of nitrogens with one attached hydrogen (secondary N) is 1. The van der Waals surface area contributed by atoms with Crippen molar-refractivity contribution < 1.29 is 17.9 Å². The van der Waals surface area contributed by atoms with Gasteiger partial charge in [0.25, 0.3) is 5.91 Å². The van der Waals surface area contributed by atoms with Crippen molar-refractivity contribution in [1.82, 2.24) is 0 Å². The van der Waals surface area contributed by atoms with Gasteiger partial charge in [-0.1, -0.05) is 6.07 Å². The largest absolute Gasteiger partial charge is 0.370 e. The number of hydrogen-bond donors (Lipinski definition) is 3. The molecular formula is C11H18ClN3O4S. The van der Waals surface area contributed by atoms with Crippen LogP contribution in [-0.2, 0) is 19.6 Å². The molecule has 1 aromatic carbocycles. The lowest BCUT2D eigenvalue weighted by atomic mass is 10.2. The van der Waals surface area contributed by atoms with E-state index in [9.17, 15) is 13.2 Å². The number of rotatable bonds is 5. The average molecular weight is 324 g/mol. The predicted molar refractivity (Wildman–Crippen MR) is 78.3 cm³/mol. The van der Waals surface area contributed by atoms with E-state index in [1.807, 2.05) is 0 Å². The summed E-state index contributed by atoms with van der Waals surface area (Å²) in [7, 11) is -2.47. The molecule has 1 amide bonds. The highest BCUT2D eigenvalue weighted by atomic mass is 35.5. The van der Waals surface area contributed by atoms with Gasteiger partial charge in [-0.25, -0.2) is 13.6 Å². The first-order chi connectivity index (χ1) is 8.79. The lowest BCUT2D eigenvalue weighted by Gasteiger charge is -2.14. The van der Waals surface area contributed by atoms with Crippen molar-refractivity contribution in [2.75, 3.05) is 19.0 Å². The number of hydrogen-bond acceptors (Lipinski definition) is 5. The molecule has 5 N–H and O–H groups in total. The number of nitrogens with two attached hydrogens (primary N) is 2. The number of anilines is 1. The molecule has 1 rings (SSSR count). The van der Waals surface area contributed by atoms with Crippen molar-refractivity contribution in [1.29, 1.82) is 0 Å². The molecular weight excluding hydrogens is 306 g/mol. The number of benzene rings is 1. The third-order valence-electron chi connectivity index (χ3n) is 2.55. The molecule has 0 spiro atoms. The van der Waals surface area contributed by atoms with Gasteiger partial charge in [0.05, 0.1) is 4.90 Å². The van der Waals surface area contributed by atoms with Crippen molar-refractivity contribution in [2.45, 2.75) is 17.9 Å². The van der Waals surface area contributed by atoms with Crippen LogP contribution in [0.2, 0.25) is 0 Å². The van der Waals surface area contributed by atoms with Crippen LogP contribution in [0.4, 0.5) is 5.69 Å². The van der Waals surface area contributed by atoms with Crippen molar-refractivity contribution in [3.63, 3.8) is 0 Å². The number of methoxy groups -OCH3 is 1. The SMILES string of the molecule is COC(CN)C(=O)Nc1ccc(C)c(S(N)(=O)=O)c1.Cl. The molecule has 0 heterocycles. The van der Waals surface area contributed by atoms with E-state index in [1.165, 1.54) is 13.2 Å². The van der Waals surface area contributed by atoms with Gasteiger partial charge in [0, 0.05) is 19.3 Å². The molecule has 0 aliphatic heterocycles. The normalized spacial score (nSPS) is 12.4. The predicted octanol–water partition coefficient (Wildman–Crippen LogP) is -0.0236. The maximum atomic E-state index is 11.7. The molecule has 1 aromatic rings. The van der Waals surface area contributed by atoms with Crippen LogP contribution in [0.15, 0.2) is 23.1 Å². The molecule has 0 saturated carbocycles. The minimum absolute atomic E-state index is 0. The highest BCUT2D eigenvalue weighted by molar-refractivity contribution is 7.89. The maximum absolute atomic E-state index is 11.7. The number of amides is 1. The topological polar surface area (TPSA) is 125 Å². The summed E-state index contributed by atoms with van der Waals surface area (Å²) < 4.78 is 27.6. The Morgan fingerprint density at radius 1 is 1.45 bits per heavy atom. The second-order valence-corrected chi connectivity index (χ2v) is 5.50. The molecule has 1 unspecified atom stereocenters. The molecule has 114 valence electrons. The number of primary sulfonamides is 1. The van der Waals surface area contributed by atoms with E-state index in [0.717, 1.165) is 0 Å². The maximum Gasteiger partial charge on any atom is 0.254 e. The van der Waals surface area contributed by atoms with Crippen LogP contribution in [0.1, 0.15) is 5.56 Å². The summed E-state index contributed by atoms with van der Waals surface area (Å²) in [5.41, 5.74) is 6.18. The van der Waals surface area contributed by atoms with Gasteiger partial charge in [-0.2, -0.15) is 0 Å². The molecule has 0 fully saturated rings. The van der Waals surface area contributed by atoms with E-state index >= 15 is 0 Å². The van der Waals surface area contributed by atoms with Gasteiger partial charge >= 0.3 is 0 Å². The Morgan fingerprint density at radius 2 is 2.05 bits per heavy atom. The molecule has 0 aliphatic rings. The summed E-state index contributed by atoms with van der Waals surface area (Å²) in [6, 6.07) is 4.43. The number of carbonyl (C=O) groups is 1. The Morgan fingerprint density at radius 3 is 2.50 bits per heavy atom. The van der Waals surface area contributed by atoms with Crippen LogP contribution in [0.5, 0.6) is 0 Å². The van der Waals surface area contributed by atoms with Crippen LogP contribution < -0.4 is 16.2 Å². The van der Waals surface area contributed by atoms with Crippen LogP contribution in [0.25, 0.3) is 0 Å². The standard InChI is InChI=1S/C11H17N3O4S.ClH/c1-7-3-4-8(5-10(7)19(13,16)17)14-11(15)9(6-12)18-2;/h3-5,9H,6,12H2,1-2H3,(H,14,15)(H2,13,16,17);1H. The fourth-order valence-corrected chi connectivity index (χ4v) is 2.33. The van der Waals surface area contributed by atoms with Crippen LogP contribution >= 0.6 is 12.4 Å². The Hall–Kier alpha value is -1.19. The molecule has 0 radical (unpaired) electrons. The lowest BCUT2D eigenvalue weighted by Crippen LogP contribution is -2.35. The summed E-state index contributed by atoms with van der Waals surface area (Å²) in [4.78, 5) is 11.7. The van der Waals surface area contributed by atoms with Crippen LogP contribution in [-0.4, -0.2) is 34.1 Å². The minimum Gasteiger partial charge on any atom is -0.370 e. The van der Waals surface area contributed by atoms with Crippen molar-refractivity contribution in [2.24, 2.45) is 10.9 Å². The third kappa shape index (κ3) is 4.73. The first-order valence-electron chi connectivity index (χ1n) is 5.46. The van der Waals surface area contributed by atoms with E-state index in [0.29, 0.717) is 11.3 Å². The summed E-state index contributed by atoms with van der Waals surface area (Å²) in [6.45, 7) is 1.64. The minimum atomic E-state index is -3.83. The average Bonchev–Trinajstić information content (AvgIpc) is 2.31. The molecule has 0 aliphatic carbocycles. The van der Waals surface area contributed by atoms with Gasteiger partial charge in [0.1, 0.15) is 6.10 Å². The molecule has 0 saturated heterocycles. The number of halogens is 1. The van der Waals surface area contributed by atoms with E-state index in [-0.39, 0.29) is 23.8 Å². The highest BCUT2D eigenvalue weighted by Crippen LogP contribution is 2.19. The van der Waals surface area contributed by atoms with E-state index < -0.39 is 22.0 Å². The quantitative estimate of drug-likeness (QED) is 0.702. The smallest absolute Gasteiger partial charge is 0.254 e. The van der Waals surface area contributed by atoms with Gasteiger partial charge in [0.15, 0.2) is 0 Å². The zero-order chi connectivity index (χ0) is 14.6. The molecule has 20 heavy (non-hydrogen) atoms. The summed E-state index contributed by atoms with van der Waals surface area (Å²) >= 11 is 0. The van der Waals surface area contributed by atoms with Crippen molar-refractivity contribution in [3.8, 4) is 0 Å². The Bertz CT molecular complexity index is 573. The fraction of sp³-hybridized carbons (Fsp3) is 0.364. The second kappa shape index (κ2) is 7.55. The van der Waals surface area contributed by atoms with Crippen LogP contribution in [0, 0.1) is 6.92 Å². The summed E-state index contributed by atoms with van der Waals surface area (Å²) in [5.74, 6) is -0.450. The number of carbonyl (C=O) groups excluding carboxylic acids is 1. The summed E-state index contributed by atoms with van der Waals surface area (Å²) in [6.07, 6.45) is -0.792. The lowest BCUT2D eigenvalue weighted by molar-refractivity contribution is -0.125. The van der Waals surface area contributed by atoms with E-state index in [1.54, 1.807) is 19.1 Å². The number of ether oxygens (including phenoxy) is 1. The van der Waals surface area contributed by atoms with Gasteiger partial charge < -0.3 is 15.8 Å². The van der Waals surface area contributed by atoms with Gasteiger partial charge in [-0.15, -0.1) is 12.4 Å². The van der Waals surface area contributed by atoms with Gasteiger partial charge in [-0.05, 0) is 24.6 Å². The van der Waals surface area contributed by atoms with E-state index in [2.05, 4.69) is 5.32 Å². The Balaban J connectivity index is 0.00000361. The third-order valence-corrected chi connectivity index (χ3v) is 3.61. The Labute approximate surface area is 124 Å². The van der Waals surface area contributed by atoms with Crippen molar-refractivity contribution in [3.05, 3.63) is 23.8 Å². The zero-order valence-corrected chi connectivity index (χ0v) is 12.8. The number of sulfonamides is 1. The zero-order valence-electron chi connectivity index (χ0n) is 11.1. The second-order valence-electron chi connectivity index (χ2n) is 3.97. The first-order valence-corrected chi connectivity index (χ1v) is 7.01. The van der Waals surface area contributed by atoms with Crippen molar-refractivity contribution >= 4 is 34.0 Å². The van der Waals surface area contributed by atoms with Gasteiger partial charge in [-0.3, -0.25) is 4.79 Å². The molecule has 7 nitrogen and oxygen atoms in total. The first kappa shape index (κ1) is 18.8. The summed E-state index contributed by atoms with van der Waals surface area (Å²) in [5, 5.41) is 7.60. The highest BCUT2D eigenvalue weighted by Gasteiger charge is 2.17. The molecule has 1 atom stereocenters. The molecule has 0 bridgehead atoms. The number of aryl methyl sites for hydroxylation is 1.